The maximum atomic E-state index is 13.1. The molecule has 2 nitrogen and oxygen atoms in total. The fraction of sp³-hybridized carbons (Fsp3) is 0.538. The van der Waals surface area contributed by atoms with Crippen LogP contribution in [0.4, 0.5) is 8.78 Å². The van der Waals surface area contributed by atoms with Gasteiger partial charge in [-0.2, -0.15) is 0 Å². The first-order valence-electron chi connectivity index (χ1n) is 5.94. The van der Waals surface area contributed by atoms with Crippen molar-refractivity contribution in [1.29, 1.82) is 0 Å². The van der Waals surface area contributed by atoms with Crippen molar-refractivity contribution in [3.8, 4) is 0 Å². The third-order valence-corrected chi connectivity index (χ3v) is 3.16. The van der Waals surface area contributed by atoms with E-state index in [-0.39, 0.29) is 12.1 Å². The second kappa shape index (κ2) is 5.56. The van der Waals surface area contributed by atoms with Crippen LogP contribution in [0, 0.1) is 11.6 Å². The molecule has 94 valence electrons. The van der Waals surface area contributed by atoms with Crippen molar-refractivity contribution >= 4 is 0 Å². The number of ether oxygens (including phenoxy) is 1. The van der Waals surface area contributed by atoms with E-state index in [1.807, 2.05) is 0 Å². The summed E-state index contributed by atoms with van der Waals surface area (Å²) in [6.45, 7) is 0.790. The van der Waals surface area contributed by atoms with Crippen LogP contribution >= 0.6 is 0 Å². The molecule has 0 aromatic heterocycles. The second-order valence-electron chi connectivity index (χ2n) is 4.41. The molecule has 0 amide bonds. The van der Waals surface area contributed by atoms with E-state index in [9.17, 15) is 8.78 Å². The van der Waals surface area contributed by atoms with Crippen molar-refractivity contribution in [3.63, 3.8) is 0 Å². The Kier molecular flexibility index (Phi) is 4.07. The quantitative estimate of drug-likeness (QED) is 0.875. The topological polar surface area (TPSA) is 21.3 Å². The summed E-state index contributed by atoms with van der Waals surface area (Å²) in [4.78, 5) is 0. The van der Waals surface area contributed by atoms with Crippen LogP contribution in [-0.4, -0.2) is 19.8 Å². The number of halogens is 2. The molecular weight excluding hydrogens is 224 g/mol. The van der Waals surface area contributed by atoms with Gasteiger partial charge in [-0.1, -0.05) is 0 Å². The monoisotopic (exact) mass is 241 g/mol. The molecule has 1 aliphatic heterocycles. The SMILES string of the molecule is CNC(CC1CCCO1)c1cc(F)cc(F)c1. The van der Waals surface area contributed by atoms with Crippen molar-refractivity contribution in [3.05, 3.63) is 35.4 Å². The fourth-order valence-corrected chi connectivity index (χ4v) is 2.29. The molecule has 2 unspecified atom stereocenters. The van der Waals surface area contributed by atoms with Gasteiger partial charge in [0.25, 0.3) is 0 Å². The van der Waals surface area contributed by atoms with Crippen LogP contribution in [0.1, 0.15) is 30.9 Å². The van der Waals surface area contributed by atoms with Crippen LogP contribution in [0.3, 0.4) is 0 Å². The van der Waals surface area contributed by atoms with Crippen LogP contribution < -0.4 is 5.32 Å². The minimum Gasteiger partial charge on any atom is -0.378 e. The Labute approximate surface area is 100.0 Å². The summed E-state index contributed by atoms with van der Waals surface area (Å²) in [6, 6.07) is 3.57. The molecule has 0 aliphatic carbocycles. The van der Waals surface area contributed by atoms with Crippen LogP contribution in [-0.2, 0) is 4.74 Å². The zero-order valence-electron chi connectivity index (χ0n) is 9.88. The molecule has 0 saturated carbocycles. The molecule has 0 bridgehead atoms. The van der Waals surface area contributed by atoms with E-state index < -0.39 is 11.6 Å². The maximum absolute atomic E-state index is 13.1. The lowest BCUT2D eigenvalue weighted by molar-refractivity contribution is 0.0953. The Hall–Kier alpha value is -1.00. The van der Waals surface area contributed by atoms with Gasteiger partial charge in [0.2, 0.25) is 0 Å². The Morgan fingerprint density at radius 3 is 2.59 bits per heavy atom. The highest BCUT2D eigenvalue weighted by atomic mass is 19.1. The molecule has 0 spiro atoms. The molecule has 17 heavy (non-hydrogen) atoms. The Morgan fingerprint density at radius 1 is 1.35 bits per heavy atom. The normalized spacial score (nSPS) is 21.7. The highest BCUT2D eigenvalue weighted by Crippen LogP contribution is 2.25. The molecule has 2 atom stereocenters. The van der Waals surface area contributed by atoms with Crippen molar-refractivity contribution in [2.24, 2.45) is 0 Å². The first-order valence-corrected chi connectivity index (χ1v) is 5.94. The van der Waals surface area contributed by atoms with Crippen molar-refractivity contribution in [2.75, 3.05) is 13.7 Å². The summed E-state index contributed by atoms with van der Waals surface area (Å²) in [5, 5.41) is 3.09. The molecule has 1 aromatic rings. The maximum Gasteiger partial charge on any atom is 0.126 e. The van der Waals surface area contributed by atoms with Crippen molar-refractivity contribution in [1.82, 2.24) is 5.32 Å². The van der Waals surface area contributed by atoms with Gasteiger partial charge in [0.1, 0.15) is 11.6 Å². The first kappa shape index (κ1) is 12.5. The number of hydrogen-bond acceptors (Lipinski definition) is 2. The zero-order chi connectivity index (χ0) is 12.3. The molecule has 1 saturated heterocycles. The van der Waals surface area contributed by atoms with E-state index in [1.165, 1.54) is 12.1 Å². The fourth-order valence-electron chi connectivity index (χ4n) is 2.29. The van der Waals surface area contributed by atoms with Gasteiger partial charge >= 0.3 is 0 Å². The number of nitrogens with one attached hydrogen (secondary N) is 1. The largest absolute Gasteiger partial charge is 0.378 e. The first-order chi connectivity index (χ1) is 8.19. The van der Waals surface area contributed by atoms with Gasteiger partial charge < -0.3 is 10.1 Å². The lowest BCUT2D eigenvalue weighted by Gasteiger charge is -2.20. The van der Waals surface area contributed by atoms with Crippen molar-refractivity contribution in [2.45, 2.75) is 31.4 Å². The Bertz CT molecular complexity index is 357. The summed E-state index contributed by atoms with van der Waals surface area (Å²) >= 11 is 0. The average Bonchev–Trinajstić information content (AvgIpc) is 2.77. The highest BCUT2D eigenvalue weighted by molar-refractivity contribution is 5.21. The van der Waals surface area contributed by atoms with E-state index in [4.69, 9.17) is 4.74 Å². The molecule has 0 radical (unpaired) electrons. The molecule has 4 heteroatoms. The molecule has 1 N–H and O–H groups in total. The third kappa shape index (κ3) is 3.23. The molecule has 2 rings (SSSR count). The van der Waals surface area contributed by atoms with E-state index in [2.05, 4.69) is 5.32 Å². The van der Waals surface area contributed by atoms with Gasteiger partial charge in [0.15, 0.2) is 0 Å². The summed E-state index contributed by atoms with van der Waals surface area (Å²) in [5.74, 6) is -1.07. The molecule has 1 heterocycles. The van der Waals surface area contributed by atoms with Gasteiger partial charge in [-0.3, -0.25) is 0 Å². The van der Waals surface area contributed by atoms with Crippen LogP contribution in [0.25, 0.3) is 0 Å². The van der Waals surface area contributed by atoms with Gasteiger partial charge in [-0.25, -0.2) is 8.78 Å². The number of rotatable bonds is 4. The summed E-state index contributed by atoms with van der Waals surface area (Å²) < 4.78 is 31.8. The summed E-state index contributed by atoms with van der Waals surface area (Å²) in [5.41, 5.74) is 0.639. The van der Waals surface area contributed by atoms with Gasteiger partial charge in [-0.05, 0) is 44.0 Å². The van der Waals surface area contributed by atoms with Crippen LogP contribution in [0.5, 0.6) is 0 Å². The highest BCUT2D eigenvalue weighted by Gasteiger charge is 2.21. The van der Waals surface area contributed by atoms with Crippen LogP contribution in [0.2, 0.25) is 0 Å². The zero-order valence-corrected chi connectivity index (χ0v) is 9.88. The smallest absolute Gasteiger partial charge is 0.126 e. The minimum absolute atomic E-state index is 0.0664. The summed E-state index contributed by atoms with van der Waals surface area (Å²) in [7, 11) is 1.79. The third-order valence-electron chi connectivity index (χ3n) is 3.16. The van der Waals surface area contributed by atoms with Crippen LogP contribution in [0.15, 0.2) is 18.2 Å². The van der Waals surface area contributed by atoms with E-state index in [1.54, 1.807) is 7.05 Å². The van der Waals surface area contributed by atoms with Gasteiger partial charge in [0, 0.05) is 18.7 Å². The lowest BCUT2D eigenvalue weighted by Crippen LogP contribution is -2.22. The molecule has 1 aromatic carbocycles. The van der Waals surface area contributed by atoms with Gasteiger partial charge in [-0.15, -0.1) is 0 Å². The number of hydrogen-bond donors (Lipinski definition) is 1. The molecular formula is C13H17F2NO. The lowest BCUT2D eigenvalue weighted by atomic mass is 9.99. The van der Waals surface area contributed by atoms with Crippen molar-refractivity contribution < 1.29 is 13.5 Å². The van der Waals surface area contributed by atoms with E-state index in [0.717, 1.165) is 31.9 Å². The summed E-state index contributed by atoms with van der Waals surface area (Å²) in [6.07, 6.45) is 3.03. The molecule has 1 fully saturated rings. The van der Waals surface area contributed by atoms with E-state index >= 15 is 0 Å². The standard InChI is InChI=1S/C13H17F2NO/c1-16-13(8-12-3-2-4-17-12)9-5-10(14)7-11(15)6-9/h5-7,12-13,16H,2-4,8H2,1H3. The minimum atomic E-state index is -0.535. The predicted octanol–water partition coefficient (Wildman–Crippen LogP) is 2.79. The Balaban J connectivity index is 2.10. The molecule has 1 aliphatic rings. The van der Waals surface area contributed by atoms with E-state index in [0.29, 0.717) is 5.56 Å². The predicted molar refractivity (Wildman–Crippen MR) is 61.7 cm³/mol. The second-order valence-corrected chi connectivity index (χ2v) is 4.41. The average molecular weight is 241 g/mol. The van der Waals surface area contributed by atoms with Gasteiger partial charge in [0.05, 0.1) is 6.10 Å². The number of benzene rings is 1. The Morgan fingerprint density at radius 2 is 2.06 bits per heavy atom.